The maximum absolute atomic E-state index is 10.4. The highest BCUT2D eigenvalue weighted by molar-refractivity contribution is 5.71. The number of allylic oxidation sites excluding steroid dienone is 1. The Morgan fingerprint density at radius 1 is 1.45 bits per heavy atom. The maximum atomic E-state index is 10.4. The van der Waals surface area contributed by atoms with Gasteiger partial charge in [-0.15, -0.1) is 0 Å². The van der Waals surface area contributed by atoms with Crippen molar-refractivity contribution in [3.8, 4) is 0 Å². The summed E-state index contributed by atoms with van der Waals surface area (Å²) in [6.45, 7) is 0. The van der Waals surface area contributed by atoms with Crippen LogP contribution in [0, 0.1) is 5.92 Å². The summed E-state index contributed by atoms with van der Waals surface area (Å²) in [6, 6.07) is 0. The van der Waals surface area contributed by atoms with Gasteiger partial charge in [-0.25, -0.2) is 0 Å². The Morgan fingerprint density at radius 3 is 3.00 bits per heavy atom. The number of hydrogen-bond donors (Lipinski definition) is 0. The van der Waals surface area contributed by atoms with E-state index in [1.165, 1.54) is 19.3 Å². The van der Waals surface area contributed by atoms with Crippen LogP contribution in [0.3, 0.4) is 0 Å². The van der Waals surface area contributed by atoms with Gasteiger partial charge in [-0.05, 0) is 25.3 Å². The lowest BCUT2D eigenvalue weighted by Crippen LogP contribution is -2.20. The molecule has 2 heteroatoms. The van der Waals surface area contributed by atoms with Crippen LogP contribution in [0.25, 0.3) is 0 Å². The van der Waals surface area contributed by atoms with Crippen molar-refractivity contribution in [2.24, 2.45) is 5.92 Å². The summed E-state index contributed by atoms with van der Waals surface area (Å²) >= 11 is 0. The molecule has 0 aromatic heterocycles. The van der Waals surface area contributed by atoms with E-state index >= 15 is 0 Å². The molecule has 60 valence electrons. The van der Waals surface area contributed by atoms with E-state index in [4.69, 9.17) is 4.74 Å². The molecule has 2 rings (SSSR count). The first-order chi connectivity index (χ1) is 5.40. The molecule has 2 nitrogen and oxygen atoms in total. The standard InChI is InChI=1S/C9H12O2/c10-6-8-5-7-3-1-2-4-9(7)11-8/h5-7,9H,1-4H2. The Kier molecular flexibility index (Phi) is 1.68. The molecule has 1 aliphatic heterocycles. The van der Waals surface area contributed by atoms with Crippen LogP contribution < -0.4 is 0 Å². The Hall–Kier alpha value is -0.790. The molecule has 0 amide bonds. The van der Waals surface area contributed by atoms with Crippen molar-refractivity contribution in [2.75, 3.05) is 0 Å². The van der Waals surface area contributed by atoms with Crippen molar-refractivity contribution in [3.63, 3.8) is 0 Å². The topological polar surface area (TPSA) is 26.3 Å². The van der Waals surface area contributed by atoms with Gasteiger partial charge >= 0.3 is 0 Å². The largest absolute Gasteiger partial charge is 0.487 e. The second-order valence-corrected chi connectivity index (χ2v) is 3.29. The smallest absolute Gasteiger partial charge is 0.184 e. The second-order valence-electron chi connectivity index (χ2n) is 3.29. The number of ether oxygens (including phenoxy) is 1. The lowest BCUT2D eigenvalue weighted by atomic mass is 9.87. The van der Waals surface area contributed by atoms with E-state index in [1.54, 1.807) is 0 Å². The van der Waals surface area contributed by atoms with E-state index in [2.05, 4.69) is 0 Å². The quantitative estimate of drug-likeness (QED) is 0.534. The zero-order valence-corrected chi connectivity index (χ0v) is 6.45. The van der Waals surface area contributed by atoms with Crippen LogP contribution in [-0.2, 0) is 9.53 Å². The third-order valence-electron chi connectivity index (χ3n) is 2.54. The van der Waals surface area contributed by atoms with Crippen LogP contribution in [0.4, 0.5) is 0 Å². The number of rotatable bonds is 1. The summed E-state index contributed by atoms with van der Waals surface area (Å²) in [5.41, 5.74) is 0. The van der Waals surface area contributed by atoms with Gasteiger partial charge in [-0.1, -0.05) is 6.42 Å². The van der Waals surface area contributed by atoms with Gasteiger partial charge in [0.2, 0.25) is 0 Å². The van der Waals surface area contributed by atoms with Crippen LogP contribution in [0.5, 0.6) is 0 Å². The fraction of sp³-hybridized carbons (Fsp3) is 0.667. The summed E-state index contributed by atoms with van der Waals surface area (Å²) in [5, 5.41) is 0. The van der Waals surface area contributed by atoms with Gasteiger partial charge in [-0.2, -0.15) is 0 Å². The predicted octanol–water partition coefficient (Wildman–Crippen LogP) is 1.66. The van der Waals surface area contributed by atoms with Gasteiger partial charge in [0, 0.05) is 5.92 Å². The predicted molar refractivity (Wildman–Crippen MR) is 41.0 cm³/mol. The second kappa shape index (κ2) is 2.68. The molecule has 2 aliphatic rings. The minimum atomic E-state index is 0.323. The highest BCUT2D eigenvalue weighted by Gasteiger charge is 2.30. The van der Waals surface area contributed by atoms with Crippen LogP contribution in [0.15, 0.2) is 11.8 Å². The Bertz CT molecular complexity index is 196. The van der Waals surface area contributed by atoms with Gasteiger partial charge in [0.1, 0.15) is 6.10 Å². The highest BCUT2D eigenvalue weighted by Crippen LogP contribution is 2.34. The van der Waals surface area contributed by atoms with Crippen molar-refractivity contribution in [1.29, 1.82) is 0 Å². The SMILES string of the molecule is O=CC1=CC2CCCCC2O1. The molecule has 2 unspecified atom stereocenters. The Balaban J connectivity index is 2.07. The minimum Gasteiger partial charge on any atom is -0.487 e. The molecule has 2 atom stereocenters. The van der Waals surface area contributed by atoms with Crippen LogP contribution in [-0.4, -0.2) is 12.4 Å². The normalized spacial score (nSPS) is 35.5. The van der Waals surface area contributed by atoms with Gasteiger partial charge in [0.15, 0.2) is 12.0 Å². The fourth-order valence-electron chi connectivity index (χ4n) is 1.95. The average molecular weight is 152 g/mol. The number of carbonyl (C=O) groups excluding carboxylic acids is 1. The molecular weight excluding hydrogens is 140 g/mol. The highest BCUT2D eigenvalue weighted by atomic mass is 16.5. The molecule has 1 aliphatic carbocycles. The molecule has 11 heavy (non-hydrogen) atoms. The molecular formula is C9H12O2. The van der Waals surface area contributed by atoms with Crippen LogP contribution in [0.2, 0.25) is 0 Å². The summed E-state index contributed by atoms with van der Waals surface area (Å²) in [5.74, 6) is 1.09. The van der Waals surface area contributed by atoms with Gasteiger partial charge in [-0.3, -0.25) is 4.79 Å². The molecule has 0 aromatic carbocycles. The minimum absolute atomic E-state index is 0.323. The molecule has 0 aromatic rings. The molecule has 0 spiro atoms. The summed E-state index contributed by atoms with van der Waals surface area (Å²) < 4.78 is 5.41. The molecule has 0 bridgehead atoms. The molecule has 1 fully saturated rings. The van der Waals surface area contributed by atoms with E-state index < -0.39 is 0 Å². The number of carbonyl (C=O) groups is 1. The maximum Gasteiger partial charge on any atom is 0.184 e. The lowest BCUT2D eigenvalue weighted by molar-refractivity contribution is -0.108. The molecule has 1 heterocycles. The van der Waals surface area contributed by atoms with Gasteiger partial charge in [0.25, 0.3) is 0 Å². The summed E-state index contributed by atoms with van der Waals surface area (Å²) in [7, 11) is 0. The zero-order chi connectivity index (χ0) is 7.68. The first-order valence-corrected chi connectivity index (χ1v) is 4.24. The zero-order valence-electron chi connectivity index (χ0n) is 6.45. The van der Waals surface area contributed by atoms with Crippen molar-refractivity contribution >= 4 is 6.29 Å². The molecule has 1 saturated carbocycles. The lowest BCUT2D eigenvalue weighted by Gasteiger charge is -2.23. The van der Waals surface area contributed by atoms with Crippen LogP contribution in [0.1, 0.15) is 25.7 Å². The summed E-state index contributed by atoms with van der Waals surface area (Å²) in [6.07, 6.45) is 7.98. The monoisotopic (exact) mass is 152 g/mol. The Labute approximate surface area is 66.2 Å². The van der Waals surface area contributed by atoms with Crippen molar-refractivity contribution < 1.29 is 9.53 Å². The third kappa shape index (κ3) is 1.17. The van der Waals surface area contributed by atoms with E-state index in [0.29, 0.717) is 17.8 Å². The molecule has 0 saturated heterocycles. The average Bonchev–Trinajstić information content (AvgIpc) is 2.46. The number of aldehydes is 1. The molecule has 0 N–H and O–H groups in total. The first kappa shape index (κ1) is 6.89. The van der Waals surface area contributed by atoms with E-state index in [9.17, 15) is 4.79 Å². The Morgan fingerprint density at radius 2 is 2.27 bits per heavy atom. The molecule has 0 radical (unpaired) electrons. The van der Waals surface area contributed by atoms with Gasteiger partial charge in [0.05, 0.1) is 0 Å². The van der Waals surface area contributed by atoms with Crippen LogP contribution >= 0.6 is 0 Å². The van der Waals surface area contributed by atoms with E-state index in [0.717, 1.165) is 12.7 Å². The van der Waals surface area contributed by atoms with Gasteiger partial charge < -0.3 is 4.74 Å². The van der Waals surface area contributed by atoms with E-state index in [1.807, 2.05) is 6.08 Å². The van der Waals surface area contributed by atoms with Crippen molar-refractivity contribution in [2.45, 2.75) is 31.8 Å². The van der Waals surface area contributed by atoms with Crippen molar-refractivity contribution in [1.82, 2.24) is 0 Å². The number of hydrogen-bond acceptors (Lipinski definition) is 2. The number of fused-ring (bicyclic) bond motifs is 1. The van der Waals surface area contributed by atoms with E-state index in [-0.39, 0.29) is 0 Å². The van der Waals surface area contributed by atoms with Crippen molar-refractivity contribution in [3.05, 3.63) is 11.8 Å². The fourth-order valence-corrected chi connectivity index (χ4v) is 1.95. The first-order valence-electron chi connectivity index (χ1n) is 4.24. The third-order valence-corrected chi connectivity index (χ3v) is 2.54. The summed E-state index contributed by atoms with van der Waals surface area (Å²) in [4.78, 5) is 10.4.